The Morgan fingerprint density at radius 1 is 0.650 bits per heavy atom. The molecule has 0 atom stereocenters. The largest absolute Gasteiger partial charge is 2.00 e. The minimum Gasteiger partial charge on any atom is -0.497 e. The molecule has 0 bridgehead atoms. The van der Waals surface area contributed by atoms with Gasteiger partial charge in [-0.25, -0.2) is 4.98 Å². The number of pyridine rings is 2. The van der Waals surface area contributed by atoms with Gasteiger partial charge in [-0.2, -0.15) is 0 Å². The first-order chi connectivity index (χ1) is 19.0. The van der Waals surface area contributed by atoms with Gasteiger partial charge in [-0.1, -0.05) is 78.7 Å². The number of imidazole rings is 2. The first-order valence-corrected chi connectivity index (χ1v) is 12.8. The van der Waals surface area contributed by atoms with E-state index in [1.807, 2.05) is 41.2 Å². The second kappa shape index (κ2) is 8.83. The van der Waals surface area contributed by atoms with E-state index in [1.54, 1.807) is 18.6 Å². The molecule has 8 rings (SSSR count). The summed E-state index contributed by atoms with van der Waals surface area (Å²) in [7, 11) is 0. The van der Waals surface area contributed by atoms with E-state index in [0.717, 1.165) is 54.9 Å². The molecule has 8 aromatic rings. The number of fused-ring (bicyclic) bond motifs is 12. The molecular formula is C32H22N6OPt. The molecule has 196 valence electrons. The molecule has 0 fully saturated rings. The van der Waals surface area contributed by atoms with Crippen LogP contribution in [0.1, 0.15) is 26.3 Å². The molecule has 0 amide bonds. The van der Waals surface area contributed by atoms with Crippen molar-refractivity contribution in [1.82, 2.24) is 28.7 Å². The average Bonchev–Trinajstić information content (AvgIpc) is 3.63. The van der Waals surface area contributed by atoms with Crippen molar-refractivity contribution in [3.8, 4) is 11.5 Å². The van der Waals surface area contributed by atoms with Gasteiger partial charge in [-0.3, -0.25) is 15.0 Å². The predicted octanol–water partition coefficient (Wildman–Crippen LogP) is 7.07. The molecule has 0 N–H and O–H groups in total. The van der Waals surface area contributed by atoms with Crippen LogP contribution < -0.4 is 4.74 Å². The van der Waals surface area contributed by atoms with Gasteiger partial charge in [0.15, 0.2) is 0 Å². The number of benzene rings is 3. The maximum atomic E-state index is 6.33. The normalized spacial score (nSPS) is 12.2. The molecule has 5 heterocycles. The van der Waals surface area contributed by atoms with Gasteiger partial charge in [0.25, 0.3) is 0 Å². The van der Waals surface area contributed by atoms with Crippen LogP contribution >= 0.6 is 0 Å². The Kier molecular flexibility index (Phi) is 5.45. The SMILES string of the molecule is CC(C)(C)c1ccc2c(c1)c1ccc(Oc3[c-]c4c(cc3)c3nccnc3n3ccnc43)[c-]c1c1nccn21.[Pt+2]. The standard InChI is InChI=1S/C32H22N6O.Pt/c1-32(2,3)19-4-9-27-24(16-19)22-7-5-20(17-25(22)29-35-12-14-37(27)29)39-21-6-8-23-26(18-21)30-36-13-15-38(30)31-28(23)33-10-11-34-31;/h4-16H,1-3H3;/q-2;+2. The fourth-order valence-corrected chi connectivity index (χ4v) is 5.43. The summed E-state index contributed by atoms with van der Waals surface area (Å²) in [5.41, 5.74) is 5.59. The molecule has 0 unspecified atom stereocenters. The van der Waals surface area contributed by atoms with Crippen LogP contribution in [0.25, 0.3) is 54.9 Å². The van der Waals surface area contributed by atoms with Crippen molar-refractivity contribution in [3.63, 3.8) is 0 Å². The Labute approximate surface area is 243 Å². The van der Waals surface area contributed by atoms with E-state index in [-0.39, 0.29) is 26.5 Å². The summed E-state index contributed by atoms with van der Waals surface area (Å²) in [5.74, 6) is 1.16. The van der Waals surface area contributed by atoms with E-state index in [4.69, 9.17) is 4.74 Å². The van der Waals surface area contributed by atoms with E-state index in [1.165, 1.54) is 5.56 Å². The molecule has 0 spiro atoms. The van der Waals surface area contributed by atoms with E-state index in [0.29, 0.717) is 11.5 Å². The molecule has 0 aliphatic carbocycles. The van der Waals surface area contributed by atoms with Crippen LogP contribution in [0.15, 0.2) is 79.6 Å². The van der Waals surface area contributed by atoms with E-state index in [9.17, 15) is 0 Å². The Bertz CT molecular complexity index is 2260. The Morgan fingerprint density at radius 3 is 2.02 bits per heavy atom. The monoisotopic (exact) mass is 701 g/mol. The molecule has 5 aromatic heterocycles. The second-order valence-corrected chi connectivity index (χ2v) is 10.8. The number of rotatable bonds is 2. The molecule has 0 radical (unpaired) electrons. The summed E-state index contributed by atoms with van der Waals surface area (Å²) in [5, 5.41) is 4.91. The van der Waals surface area contributed by atoms with Crippen LogP contribution in [0.3, 0.4) is 0 Å². The fourth-order valence-electron chi connectivity index (χ4n) is 5.43. The molecule has 0 aliphatic heterocycles. The van der Waals surface area contributed by atoms with Gasteiger partial charge >= 0.3 is 21.1 Å². The maximum Gasteiger partial charge on any atom is 2.00 e. The zero-order valence-corrected chi connectivity index (χ0v) is 24.2. The third-order valence-corrected chi connectivity index (χ3v) is 7.36. The second-order valence-electron chi connectivity index (χ2n) is 10.8. The van der Waals surface area contributed by atoms with Crippen molar-refractivity contribution >= 4 is 54.9 Å². The number of hydrogen-bond donors (Lipinski definition) is 0. The van der Waals surface area contributed by atoms with Crippen LogP contribution in [-0.4, -0.2) is 28.7 Å². The van der Waals surface area contributed by atoms with Crippen LogP contribution in [0.5, 0.6) is 11.5 Å². The topological polar surface area (TPSA) is 69.6 Å². The van der Waals surface area contributed by atoms with Crippen LogP contribution in [0.2, 0.25) is 0 Å². The van der Waals surface area contributed by atoms with Gasteiger partial charge in [0.1, 0.15) is 5.65 Å². The molecule has 40 heavy (non-hydrogen) atoms. The van der Waals surface area contributed by atoms with Crippen LogP contribution in [-0.2, 0) is 26.5 Å². The first-order valence-electron chi connectivity index (χ1n) is 12.8. The summed E-state index contributed by atoms with van der Waals surface area (Å²) in [6, 6.07) is 21.5. The van der Waals surface area contributed by atoms with Gasteiger partial charge in [0, 0.05) is 54.2 Å². The molecule has 0 aliphatic rings. The third-order valence-electron chi connectivity index (χ3n) is 7.36. The minimum absolute atomic E-state index is 0. The molecule has 0 saturated heterocycles. The van der Waals surface area contributed by atoms with Crippen molar-refractivity contribution in [2.24, 2.45) is 0 Å². The number of nitrogens with zero attached hydrogens (tertiary/aromatic N) is 6. The number of aromatic nitrogens is 6. The number of hydrogen-bond acceptors (Lipinski definition) is 5. The Balaban J connectivity index is 0.00000264. The van der Waals surface area contributed by atoms with E-state index < -0.39 is 0 Å². The Hall–Kier alpha value is -4.35. The molecule has 3 aromatic carbocycles. The van der Waals surface area contributed by atoms with Crippen molar-refractivity contribution in [1.29, 1.82) is 0 Å². The predicted molar refractivity (Wildman–Crippen MR) is 152 cm³/mol. The molecule has 8 heteroatoms. The Morgan fingerprint density at radius 2 is 1.27 bits per heavy atom. The smallest absolute Gasteiger partial charge is 0.497 e. The van der Waals surface area contributed by atoms with Crippen LogP contribution in [0.4, 0.5) is 0 Å². The third kappa shape index (κ3) is 3.61. The van der Waals surface area contributed by atoms with E-state index in [2.05, 4.69) is 81.5 Å². The molecule has 7 nitrogen and oxygen atoms in total. The van der Waals surface area contributed by atoms with Crippen molar-refractivity contribution < 1.29 is 25.8 Å². The fraction of sp³-hybridized carbons (Fsp3) is 0.125. The minimum atomic E-state index is 0. The van der Waals surface area contributed by atoms with E-state index >= 15 is 0 Å². The number of ether oxygens (including phenoxy) is 1. The first kappa shape index (κ1) is 24.7. The van der Waals surface area contributed by atoms with Crippen molar-refractivity contribution in [2.75, 3.05) is 0 Å². The average molecular weight is 702 g/mol. The van der Waals surface area contributed by atoms with Gasteiger partial charge < -0.3 is 13.5 Å². The summed E-state index contributed by atoms with van der Waals surface area (Å²) >= 11 is 0. The van der Waals surface area contributed by atoms with Gasteiger partial charge in [-0.05, 0) is 22.4 Å². The molecular weight excluding hydrogens is 679 g/mol. The summed E-state index contributed by atoms with van der Waals surface area (Å²) in [6.45, 7) is 6.70. The maximum absolute atomic E-state index is 6.33. The van der Waals surface area contributed by atoms with Crippen molar-refractivity contribution in [2.45, 2.75) is 26.2 Å². The van der Waals surface area contributed by atoms with Crippen molar-refractivity contribution in [3.05, 3.63) is 97.3 Å². The van der Waals surface area contributed by atoms with Gasteiger partial charge in [0.2, 0.25) is 0 Å². The zero-order valence-electron chi connectivity index (χ0n) is 21.9. The quantitative estimate of drug-likeness (QED) is 0.143. The van der Waals surface area contributed by atoms with Gasteiger partial charge in [-0.15, -0.1) is 12.1 Å². The zero-order chi connectivity index (χ0) is 26.3. The molecule has 0 saturated carbocycles. The van der Waals surface area contributed by atoms with Crippen LogP contribution in [0, 0.1) is 12.1 Å². The summed E-state index contributed by atoms with van der Waals surface area (Å²) in [6.07, 6.45) is 10.8. The summed E-state index contributed by atoms with van der Waals surface area (Å²) < 4.78 is 10.4. The van der Waals surface area contributed by atoms with Gasteiger partial charge in [0.05, 0.1) is 16.8 Å². The summed E-state index contributed by atoms with van der Waals surface area (Å²) in [4.78, 5) is 18.3.